The van der Waals surface area contributed by atoms with E-state index < -0.39 is 7.94 Å². The summed E-state index contributed by atoms with van der Waals surface area (Å²) < 4.78 is 10.9. The topological polar surface area (TPSA) is 38.7 Å². The van der Waals surface area contributed by atoms with E-state index in [0.29, 0.717) is 25.1 Å². The summed E-state index contributed by atoms with van der Waals surface area (Å²) in [6.07, 6.45) is 4.73. The van der Waals surface area contributed by atoms with Crippen molar-refractivity contribution in [3.63, 3.8) is 0 Å². The van der Waals surface area contributed by atoms with Gasteiger partial charge in [-0.05, 0) is 0 Å². The van der Waals surface area contributed by atoms with Gasteiger partial charge < -0.3 is 0 Å². The zero-order valence-corrected chi connectivity index (χ0v) is 11.8. The van der Waals surface area contributed by atoms with Crippen molar-refractivity contribution < 1.29 is 13.9 Å². The minimum absolute atomic E-state index is 0.474. The van der Waals surface area contributed by atoms with Crippen LogP contribution in [0.25, 0.3) is 0 Å². The Labute approximate surface area is 99.5 Å². The molecule has 0 unspecified atom stereocenters. The summed E-state index contributed by atoms with van der Waals surface area (Å²) in [5, 5.41) is 0. The molecular formula is C10H25O3PS. The molecule has 0 aliphatic carbocycles. The summed E-state index contributed by atoms with van der Waals surface area (Å²) >= 11 is 4.06. The number of rotatable bonds is 10. The Kier molecular flexibility index (Phi) is 10.3. The average molecular weight is 256 g/mol. The van der Waals surface area contributed by atoms with Crippen molar-refractivity contribution in [3.8, 4) is 0 Å². The van der Waals surface area contributed by atoms with Crippen molar-refractivity contribution in [2.45, 2.75) is 39.5 Å². The molecule has 0 aromatic heterocycles. The zero-order chi connectivity index (χ0) is 11.6. The molecule has 0 rings (SSSR count). The van der Waals surface area contributed by atoms with Crippen LogP contribution in [-0.2, 0) is 9.05 Å². The second-order valence-corrected chi connectivity index (χ2v) is 6.54. The molecular weight excluding hydrogens is 231 g/mol. The van der Waals surface area contributed by atoms with Gasteiger partial charge in [0, 0.05) is 0 Å². The van der Waals surface area contributed by atoms with E-state index in [1.807, 2.05) is 0 Å². The molecule has 1 N–H and O–H groups in total. The first-order chi connectivity index (χ1) is 7.18. The molecule has 0 saturated heterocycles. The molecule has 94 valence electrons. The molecule has 0 spiro atoms. The molecule has 0 bridgehead atoms. The number of thiol groups is 1. The SMILES string of the molecule is CCCCO[PH](O)(CCCC)OCCS. The quantitative estimate of drug-likeness (QED) is 0.358. The van der Waals surface area contributed by atoms with Crippen LogP contribution in [0.3, 0.4) is 0 Å². The Morgan fingerprint density at radius 3 is 2.20 bits per heavy atom. The molecule has 0 aromatic rings. The van der Waals surface area contributed by atoms with Crippen LogP contribution in [0, 0.1) is 0 Å². The maximum atomic E-state index is 10.2. The van der Waals surface area contributed by atoms with Crippen LogP contribution in [0.1, 0.15) is 39.5 Å². The van der Waals surface area contributed by atoms with Gasteiger partial charge in [-0.1, -0.05) is 0 Å². The Hall–Kier alpha value is 0.660. The Morgan fingerprint density at radius 2 is 1.67 bits per heavy atom. The van der Waals surface area contributed by atoms with Crippen molar-refractivity contribution in [1.29, 1.82) is 0 Å². The van der Waals surface area contributed by atoms with Crippen molar-refractivity contribution in [2.75, 3.05) is 25.1 Å². The molecule has 0 heterocycles. The Morgan fingerprint density at radius 1 is 1.07 bits per heavy atom. The van der Waals surface area contributed by atoms with Gasteiger partial charge >= 0.3 is 99.2 Å². The summed E-state index contributed by atoms with van der Waals surface area (Å²) in [7, 11) is -2.88. The van der Waals surface area contributed by atoms with Crippen LogP contribution in [0.15, 0.2) is 0 Å². The van der Waals surface area contributed by atoms with Crippen LogP contribution in [0.4, 0.5) is 0 Å². The molecule has 0 saturated carbocycles. The van der Waals surface area contributed by atoms with Crippen LogP contribution < -0.4 is 0 Å². The van der Waals surface area contributed by atoms with E-state index in [0.717, 1.165) is 25.7 Å². The van der Waals surface area contributed by atoms with Gasteiger partial charge in [-0.15, -0.1) is 0 Å². The third-order valence-corrected chi connectivity index (χ3v) is 4.57. The average Bonchev–Trinajstić information content (AvgIpc) is 2.24. The summed E-state index contributed by atoms with van der Waals surface area (Å²) in [5.74, 6) is 0.624. The second kappa shape index (κ2) is 9.86. The standard InChI is InChI=1S/C10H25O3PS/c1-3-5-7-12-14(11,9-6-4-2)13-8-10-15/h11,14-15H,3-10H2,1-2H3. The molecule has 0 amide bonds. The van der Waals surface area contributed by atoms with Crippen LogP contribution >= 0.6 is 20.6 Å². The number of hydrogen-bond acceptors (Lipinski definition) is 4. The van der Waals surface area contributed by atoms with Crippen molar-refractivity contribution in [2.24, 2.45) is 0 Å². The van der Waals surface area contributed by atoms with Gasteiger partial charge in [0.05, 0.1) is 0 Å². The monoisotopic (exact) mass is 256 g/mol. The molecule has 0 aliphatic heterocycles. The van der Waals surface area contributed by atoms with Gasteiger partial charge in [-0.2, -0.15) is 0 Å². The van der Waals surface area contributed by atoms with Gasteiger partial charge in [0.1, 0.15) is 0 Å². The number of hydrogen-bond donors (Lipinski definition) is 2. The molecule has 15 heavy (non-hydrogen) atoms. The predicted octanol–water partition coefficient (Wildman–Crippen LogP) is 3.04. The van der Waals surface area contributed by atoms with E-state index in [4.69, 9.17) is 9.05 Å². The zero-order valence-electron chi connectivity index (χ0n) is 9.87. The van der Waals surface area contributed by atoms with Crippen LogP contribution in [-0.4, -0.2) is 30.0 Å². The minimum atomic E-state index is -2.88. The summed E-state index contributed by atoms with van der Waals surface area (Å²) in [5.41, 5.74) is 0. The van der Waals surface area contributed by atoms with E-state index in [1.54, 1.807) is 0 Å². The third-order valence-electron chi connectivity index (χ3n) is 2.09. The fraction of sp³-hybridized carbons (Fsp3) is 1.00. The Balaban J connectivity index is 3.89. The maximum absolute atomic E-state index is 10.2. The van der Waals surface area contributed by atoms with E-state index in [-0.39, 0.29) is 0 Å². The first-order valence-corrected chi connectivity index (χ1v) is 8.40. The summed E-state index contributed by atoms with van der Waals surface area (Å²) in [6.45, 7) is 5.28. The molecule has 0 aliphatic rings. The third kappa shape index (κ3) is 8.47. The molecule has 5 heteroatoms. The normalized spacial score (nSPS) is 13.1. The predicted molar refractivity (Wildman–Crippen MR) is 71.0 cm³/mol. The molecule has 3 nitrogen and oxygen atoms in total. The van der Waals surface area contributed by atoms with E-state index in [2.05, 4.69) is 26.5 Å². The molecule has 0 atom stereocenters. The fourth-order valence-corrected chi connectivity index (χ4v) is 3.49. The summed E-state index contributed by atoms with van der Waals surface area (Å²) in [6, 6.07) is 0. The second-order valence-electron chi connectivity index (χ2n) is 3.59. The van der Waals surface area contributed by atoms with Gasteiger partial charge in [-0.25, -0.2) is 0 Å². The first kappa shape index (κ1) is 15.7. The van der Waals surface area contributed by atoms with Crippen LogP contribution in [0.2, 0.25) is 0 Å². The molecule has 0 fully saturated rings. The fourth-order valence-electron chi connectivity index (χ4n) is 1.17. The molecule has 0 aromatic carbocycles. The summed E-state index contributed by atoms with van der Waals surface area (Å²) in [4.78, 5) is 10.2. The first-order valence-electron chi connectivity index (χ1n) is 5.79. The van der Waals surface area contributed by atoms with E-state index >= 15 is 0 Å². The number of unbranched alkanes of at least 4 members (excludes halogenated alkanes) is 2. The van der Waals surface area contributed by atoms with E-state index in [9.17, 15) is 4.89 Å². The van der Waals surface area contributed by atoms with Crippen molar-refractivity contribution in [1.82, 2.24) is 0 Å². The van der Waals surface area contributed by atoms with E-state index in [1.165, 1.54) is 0 Å². The Bertz CT molecular complexity index is 139. The van der Waals surface area contributed by atoms with Gasteiger partial charge in [-0.3, -0.25) is 0 Å². The van der Waals surface area contributed by atoms with Gasteiger partial charge in [0.2, 0.25) is 0 Å². The van der Waals surface area contributed by atoms with Gasteiger partial charge in [0.15, 0.2) is 0 Å². The van der Waals surface area contributed by atoms with Gasteiger partial charge in [0.25, 0.3) is 0 Å². The molecule has 0 radical (unpaired) electrons. The van der Waals surface area contributed by atoms with Crippen molar-refractivity contribution >= 4 is 20.6 Å². The van der Waals surface area contributed by atoms with Crippen LogP contribution in [0.5, 0.6) is 0 Å². The van der Waals surface area contributed by atoms with Crippen molar-refractivity contribution in [3.05, 3.63) is 0 Å².